The van der Waals surface area contributed by atoms with E-state index in [-0.39, 0.29) is 97.7 Å². The van der Waals surface area contributed by atoms with Crippen molar-refractivity contribution in [1.29, 1.82) is 0 Å². The van der Waals surface area contributed by atoms with Crippen molar-refractivity contribution in [3.8, 4) is 0 Å². The van der Waals surface area contributed by atoms with Crippen molar-refractivity contribution in [3.05, 3.63) is 0 Å². The third-order valence-corrected chi connectivity index (χ3v) is 0. The Morgan fingerprint density at radius 1 is 1.29 bits per heavy atom. The SMILES string of the molecule is I.[Au].[KH].[O-][I+2]([O-])O. The molecule has 7 heteroatoms. The predicted molar refractivity (Wildman–Crippen MR) is 24.8 cm³/mol. The van der Waals surface area contributed by atoms with E-state index in [0.29, 0.717) is 0 Å². The Labute approximate surface area is 126 Å². The Balaban J connectivity index is -0.0000000150. The van der Waals surface area contributed by atoms with Crippen LogP contribution in [-0.4, -0.2) is 54.8 Å². The van der Waals surface area contributed by atoms with E-state index < -0.39 is 21.1 Å². The molecule has 0 aliphatic heterocycles. The Bertz CT molecular complexity index is 17.7. The minimum Gasteiger partial charge on any atom is -0.396 e. The van der Waals surface area contributed by atoms with Gasteiger partial charge in [-0.05, 0) is 3.44 Å². The molecule has 0 atom stereocenters. The molecule has 0 aromatic rings. The van der Waals surface area contributed by atoms with Crippen molar-refractivity contribution in [2.24, 2.45) is 0 Å². The van der Waals surface area contributed by atoms with Crippen molar-refractivity contribution in [2.75, 3.05) is 0 Å². The maximum atomic E-state index is 8.68. The molecular weight excluding hydrogens is 538 g/mol. The smallest absolute Gasteiger partial charge is 0.396 e. The topological polar surface area (TPSA) is 66.3 Å². The molecule has 0 heterocycles. The molecule has 0 aromatic carbocycles. The molecule has 1 radical (unpaired) electrons. The molecule has 1 N–H and O–H groups in total. The molecule has 7 heavy (non-hydrogen) atoms. The zero-order valence-electron chi connectivity index (χ0n) is 2.35. The van der Waals surface area contributed by atoms with Crippen molar-refractivity contribution in [3.63, 3.8) is 0 Å². The van der Waals surface area contributed by atoms with Crippen LogP contribution in [0.2, 0.25) is 0 Å². The zero-order chi connectivity index (χ0) is 3.58. The fourth-order valence-corrected chi connectivity index (χ4v) is 0. The second-order valence-corrected chi connectivity index (χ2v) is 1.35. The second-order valence-electron chi connectivity index (χ2n) is 0.201. The summed E-state index contributed by atoms with van der Waals surface area (Å²) in [6.07, 6.45) is 0. The minimum atomic E-state index is -3.76. The normalized spacial score (nSPS) is 5.14. The van der Waals surface area contributed by atoms with Crippen LogP contribution in [0.3, 0.4) is 0 Å². The third kappa shape index (κ3) is 41.9. The van der Waals surface area contributed by atoms with Gasteiger partial charge in [0.05, 0.1) is 0 Å². The molecule has 0 aromatic heterocycles. The summed E-state index contributed by atoms with van der Waals surface area (Å²) in [6.45, 7) is 0. The van der Waals surface area contributed by atoms with E-state index in [1.165, 1.54) is 0 Å². The molecule has 0 saturated carbocycles. The summed E-state index contributed by atoms with van der Waals surface area (Å²) in [5.41, 5.74) is 0. The largest absolute Gasteiger partial charge is 0.503 e. The van der Waals surface area contributed by atoms with E-state index in [4.69, 9.17) is 10.3 Å². The Morgan fingerprint density at radius 3 is 1.29 bits per heavy atom. The molecule has 0 aliphatic rings. The monoisotopic (exact) mass is 541 g/mol. The van der Waals surface area contributed by atoms with E-state index in [9.17, 15) is 0 Å². The van der Waals surface area contributed by atoms with Crippen molar-refractivity contribution < 1.29 is 53.8 Å². The summed E-state index contributed by atoms with van der Waals surface area (Å²) in [5, 5.41) is 0. The molecular formula is H3AuI2KO3. The molecule has 0 spiro atoms. The molecule has 0 fully saturated rings. The van der Waals surface area contributed by atoms with Gasteiger partial charge in [-0.1, -0.05) is 0 Å². The minimum absolute atomic E-state index is 0. The van der Waals surface area contributed by atoms with Gasteiger partial charge in [0.25, 0.3) is 0 Å². The molecule has 0 bridgehead atoms. The van der Waals surface area contributed by atoms with Gasteiger partial charge in [-0.2, -0.15) is 0 Å². The van der Waals surface area contributed by atoms with E-state index in [0.717, 1.165) is 0 Å². The third-order valence-electron chi connectivity index (χ3n) is 0. The van der Waals surface area contributed by atoms with Gasteiger partial charge in [0.1, 0.15) is 0 Å². The summed E-state index contributed by atoms with van der Waals surface area (Å²) in [7, 11) is 0. The molecule has 3 nitrogen and oxygen atoms in total. The molecule has 0 saturated heterocycles. The first-order valence-electron chi connectivity index (χ1n) is 0.478. The van der Waals surface area contributed by atoms with Gasteiger partial charge in [-0.3, -0.25) is 0 Å². The van der Waals surface area contributed by atoms with Gasteiger partial charge in [-0.15, -0.1) is 24.0 Å². The molecule has 47 valence electrons. The van der Waals surface area contributed by atoms with E-state index in [1.807, 2.05) is 0 Å². The van der Waals surface area contributed by atoms with Gasteiger partial charge in [0.15, 0.2) is 0 Å². The van der Waals surface area contributed by atoms with Crippen LogP contribution in [0.15, 0.2) is 0 Å². The van der Waals surface area contributed by atoms with Crippen LogP contribution in [0.4, 0.5) is 0 Å². The van der Waals surface area contributed by atoms with E-state index in [2.05, 4.69) is 0 Å². The predicted octanol–water partition coefficient (Wildman–Crippen LogP) is -5.96. The maximum absolute atomic E-state index is 8.68. The standard InChI is InChI=1S/Au.HIO3.HI.K.H/c;2-1(3)4;;;/h;2H;1H;;. The van der Waals surface area contributed by atoms with Crippen LogP contribution in [0, 0.1) is 0 Å². The second kappa shape index (κ2) is 16.4. The van der Waals surface area contributed by atoms with Gasteiger partial charge in [-0.25, -0.2) is 0 Å². The van der Waals surface area contributed by atoms with Gasteiger partial charge >= 0.3 is 72.4 Å². The molecule has 0 amide bonds. The number of rotatable bonds is 0. The van der Waals surface area contributed by atoms with E-state index in [1.54, 1.807) is 0 Å². The fourth-order valence-electron chi connectivity index (χ4n) is 0. The van der Waals surface area contributed by atoms with Crippen LogP contribution in [0.25, 0.3) is 0 Å². The first kappa shape index (κ1) is 22.4. The van der Waals surface area contributed by atoms with Crippen LogP contribution >= 0.6 is 24.0 Å². The molecule has 0 unspecified atom stereocenters. The first-order valence-corrected chi connectivity index (χ1v) is 3.20. The summed E-state index contributed by atoms with van der Waals surface area (Å²) >= 11 is -3.76. The van der Waals surface area contributed by atoms with Gasteiger partial charge < -0.3 is 6.87 Å². The average molecular weight is 541 g/mol. The summed E-state index contributed by atoms with van der Waals surface area (Å²) in [4.78, 5) is 0. The van der Waals surface area contributed by atoms with Crippen LogP contribution in [-0.2, 0) is 22.4 Å². The first-order chi connectivity index (χ1) is 1.73. The number of hydrogen-bond donors (Lipinski definition) is 1. The van der Waals surface area contributed by atoms with Crippen LogP contribution in [0.5, 0.6) is 0 Å². The number of halogens is 2. The Kier molecular flexibility index (Phi) is 52.4. The number of hydrogen-bond acceptors (Lipinski definition) is 3. The summed E-state index contributed by atoms with van der Waals surface area (Å²) in [6, 6.07) is 0. The molecule has 0 aliphatic carbocycles. The van der Waals surface area contributed by atoms with Gasteiger partial charge in [0, 0.05) is 22.4 Å². The van der Waals surface area contributed by atoms with Crippen LogP contribution < -0.4 is 27.9 Å². The molecule has 0 rings (SSSR count). The van der Waals surface area contributed by atoms with E-state index >= 15 is 0 Å². The Hall–Kier alpha value is 3.72. The Morgan fingerprint density at radius 2 is 1.29 bits per heavy atom. The zero-order valence-corrected chi connectivity index (χ0v) is 9.01. The quantitative estimate of drug-likeness (QED) is 0.246. The van der Waals surface area contributed by atoms with Crippen molar-refractivity contribution >= 4 is 75.4 Å². The summed E-state index contributed by atoms with van der Waals surface area (Å²) < 4.78 is 24.5. The van der Waals surface area contributed by atoms with Gasteiger partial charge in [0.2, 0.25) is 0 Å². The van der Waals surface area contributed by atoms with Crippen LogP contribution in [0.1, 0.15) is 0 Å². The maximum Gasteiger partial charge on any atom is 0.503 e. The van der Waals surface area contributed by atoms with Crippen molar-refractivity contribution in [1.82, 2.24) is 0 Å². The fraction of sp³-hybridized carbons (Fsp3) is 0. The van der Waals surface area contributed by atoms with Crippen molar-refractivity contribution in [2.45, 2.75) is 0 Å². The summed E-state index contributed by atoms with van der Waals surface area (Å²) in [5.74, 6) is 0. The average Bonchev–Trinajstić information content (AvgIpc) is 0.811.